The van der Waals surface area contributed by atoms with E-state index in [0.29, 0.717) is 0 Å². The molecule has 1 aliphatic rings. The molecule has 1 aliphatic heterocycles. The minimum atomic E-state index is 0.846. The number of piperazine rings is 1. The van der Waals surface area contributed by atoms with E-state index in [1.165, 1.54) is 5.56 Å². The van der Waals surface area contributed by atoms with Gasteiger partial charge >= 0.3 is 0 Å². The summed E-state index contributed by atoms with van der Waals surface area (Å²) in [5.74, 6) is 0.846. The average molecular weight is 254 g/mol. The zero-order valence-corrected chi connectivity index (χ0v) is 11.1. The molecule has 98 valence electrons. The highest BCUT2D eigenvalue weighted by Crippen LogP contribution is 2.22. The molecule has 0 radical (unpaired) electrons. The number of benzene rings is 1. The van der Waals surface area contributed by atoms with Crippen LogP contribution in [0.4, 0.5) is 5.95 Å². The molecule has 3 rings (SSSR count). The molecule has 0 bridgehead atoms. The summed E-state index contributed by atoms with van der Waals surface area (Å²) in [4.78, 5) is 11.4. The van der Waals surface area contributed by atoms with Gasteiger partial charge in [0.15, 0.2) is 0 Å². The summed E-state index contributed by atoms with van der Waals surface area (Å²) in [5, 5.41) is 3.34. The second-order valence-corrected chi connectivity index (χ2v) is 4.77. The van der Waals surface area contributed by atoms with E-state index in [9.17, 15) is 0 Å². The fourth-order valence-electron chi connectivity index (χ4n) is 2.37. The number of aryl methyl sites for hydroxylation is 1. The van der Waals surface area contributed by atoms with Gasteiger partial charge in [-0.05, 0) is 12.5 Å². The quantitative estimate of drug-likeness (QED) is 0.888. The summed E-state index contributed by atoms with van der Waals surface area (Å²) < 4.78 is 0. The molecule has 4 heteroatoms. The van der Waals surface area contributed by atoms with Crippen LogP contribution in [0.3, 0.4) is 0 Å². The Morgan fingerprint density at radius 2 is 1.84 bits per heavy atom. The van der Waals surface area contributed by atoms with Crippen molar-refractivity contribution in [3.63, 3.8) is 0 Å². The van der Waals surface area contributed by atoms with Gasteiger partial charge in [0.2, 0.25) is 5.95 Å². The summed E-state index contributed by atoms with van der Waals surface area (Å²) in [6, 6.07) is 10.3. The van der Waals surface area contributed by atoms with Gasteiger partial charge in [0.05, 0.1) is 5.69 Å². The van der Waals surface area contributed by atoms with Gasteiger partial charge in [0.1, 0.15) is 0 Å². The van der Waals surface area contributed by atoms with E-state index in [1.54, 1.807) is 0 Å². The smallest absolute Gasteiger partial charge is 0.225 e. The van der Waals surface area contributed by atoms with Crippen LogP contribution in [-0.4, -0.2) is 36.1 Å². The summed E-state index contributed by atoms with van der Waals surface area (Å²) in [7, 11) is 0. The van der Waals surface area contributed by atoms with Crippen LogP contribution in [0.15, 0.2) is 36.5 Å². The highest BCUT2D eigenvalue weighted by Gasteiger charge is 2.14. The first-order chi connectivity index (χ1) is 9.34. The minimum absolute atomic E-state index is 0.846. The molecule has 0 amide bonds. The third kappa shape index (κ3) is 2.58. The van der Waals surface area contributed by atoms with E-state index in [2.05, 4.69) is 39.2 Å². The van der Waals surface area contributed by atoms with Crippen molar-refractivity contribution in [1.29, 1.82) is 0 Å². The Labute approximate surface area is 113 Å². The van der Waals surface area contributed by atoms with Crippen molar-refractivity contribution in [2.45, 2.75) is 6.92 Å². The van der Waals surface area contributed by atoms with Crippen molar-refractivity contribution in [3.05, 3.63) is 42.2 Å². The zero-order valence-electron chi connectivity index (χ0n) is 11.1. The molecule has 0 unspecified atom stereocenters. The van der Waals surface area contributed by atoms with Crippen molar-refractivity contribution in [3.8, 4) is 11.1 Å². The van der Waals surface area contributed by atoms with E-state index in [4.69, 9.17) is 0 Å². The molecule has 0 aliphatic carbocycles. The number of rotatable bonds is 2. The van der Waals surface area contributed by atoms with Gasteiger partial charge < -0.3 is 10.2 Å². The molecule has 1 aromatic carbocycles. The van der Waals surface area contributed by atoms with Crippen LogP contribution in [0.1, 0.15) is 5.69 Å². The number of hydrogen-bond acceptors (Lipinski definition) is 4. The van der Waals surface area contributed by atoms with Crippen LogP contribution in [-0.2, 0) is 0 Å². The first-order valence-corrected chi connectivity index (χ1v) is 6.69. The van der Waals surface area contributed by atoms with Crippen LogP contribution in [0.5, 0.6) is 0 Å². The number of nitrogens with one attached hydrogen (secondary N) is 1. The lowest BCUT2D eigenvalue weighted by Gasteiger charge is -2.27. The van der Waals surface area contributed by atoms with Gasteiger partial charge in [0.25, 0.3) is 0 Å². The monoisotopic (exact) mass is 254 g/mol. The lowest BCUT2D eigenvalue weighted by Crippen LogP contribution is -2.44. The van der Waals surface area contributed by atoms with Gasteiger partial charge in [-0.3, -0.25) is 0 Å². The zero-order chi connectivity index (χ0) is 13.1. The van der Waals surface area contributed by atoms with Gasteiger partial charge in [-0.1, -0.05) is 30.3 Å². The normalized spacial score (nSPS) is 15.5. The standard InChI is InChI=1S/C15H18N4/c1-12-14(13-5-3-2-4-6-13)11-17-15(18-12)19-9-7-16-8-10-19/h2-6,11,16H,7-10H2,1H3. The van der Waals surface area contributed by atoms with E-state index in [1.807, 2.05) is 24.4 Å². The number of hydrogen-bond donors (Lipinski definition) is 1. The van der Waals surface area contributed by atoms with Gasteiger partial charge in [-0.25, -0.2) is 9.97 Å². The topological polar surface area (TPSA) is 41.1 Å². The predicted molar refractivity (Wildman–Crippen MR) is 77.3 cm³/mol. The molecule has 0 saturated carbocycles. The SMILES string of the molecule is Cc1nc(N2CCNCC2)ncc1-c1ccccc1. The molecule has 2 heterocycles. The highest BCUT2D eigenvalue weighted by atomic mass is 15.3. The third-order valence-electron chi connectivity index (χ3n) is 3.45. The molecule has 1 fully saturated rings. The predicted octanol–water partition coefficient (Wildman–Crippen LogP) is 1.86. The van der Waals surface area contributed by atoms with Crippen LogP contribution in [0, 0.1) is 6.92 Å². The summed E-state index contributed by atoms with van der Waals surface area (Å²) in [6.07, 6.45) is 1.94. The minimum Gasteiger partial charge on any atom is -0.338 e. The molecular formula is C15H18N4. The maximum atomic E-state index is 4.66. The van der Waals surface area contributed by atoms with Crippen molar-refractivity contribution in [2.75, 3.05) is 31.1 Å². The Hall–Kier alpha value is -1.94. The second kappa shape index (κ2) is 5.36. The van der Waals surface area contributed by atoms with Gasteiger partial charge in [-0.15, -0.1) is 0 Å². The van der Waals surface area contributed by atoms with E-state index in [-0.39, 0.29) is 0 Å². The number of anilines is 1. The van der Waals surface area contributed by atoms with E-state index >= 15 is 0 Å². The van der Waals surface area contributed by atoms with Crippen molar-refractivity contribution in [1.82, 2.24) is 15.3 Å². The maximum absolute atomic E-state index is 4.66. The fourth-order valence-corrected chi connectivity index (χ4v) is 2.37. The molecule has 4 nitrogen and oxygen atoms in total. The Morgan fingerprint density at radius 3 is 2.53 bits per heavy atom. The summed E-state index contributed by atoms with van der Waals surface area (Å²) in [6.45, 7) is 6.01. The Kier molecular flexibility index (Phi) is 3.42. The first-order valence-electron chi connectivity index (χ1n) is 6.69. The Bertz CT molecular complexity index is 547. The molecule has 1 N–H and O–H groups in total. The Morgan fingerprint density at radius 1 is 1.11 bits per heavy atom. The van der Waals surface area contributed by atoms with Gasteiger partial charge in [0, 0.05) is 37.9 Å². The molecule has 2 aromatic rings. The van der Waals surface area contributed by atoms with Crippen molar-refractivity contribution in [2.24, 2.45) is 0 Å². The second-order valence-electron chi connectivity index (χ2n) is 4.77. The number of aromatic nitrogens is 2. The lowest BCUT2D eigenvalue weighted by atomic mass is 10.1. The van der Waals surface area contributed by atoms with Crippen molar-refractivity contribution < 1.29 is 0 Å². The highest BCUT2D eigenvalue weighted by molar-refractivity contribution is 5.65. The third-order valence-corrected chi connectivity index (χ3v) is 3.45. The number of nitrogens with zero attached hydrogens (tertiary/aromatic N) is 3. The molecular weight excluding hydrogens is 236 g/mol. The maximum Gasteiger partial charge on any atom is 0.225 e. The lowest BCUT2D eigenvalue weighted by molar-refractivity contribution is 0.579. The van der Waals surface area contributed by atoms with Crippen LogP contribution in [0.2, 0.25) is 0 Å². The molecule has 19 heavy (non-hydrogen) atoms. The van der Waals surface area contributed by atoms with Crippen molar-refractivity contribution >= 4 is 5.95 Å². The van der Waals surface area contributed by atoms with Crippen LogP contribution >= 0.6 is 0 Å². The molecule has 1 aromatic heterocycles. The van der Waals surface area contributed by atoms with Crippen LogP contribution < -0.4 is 10.2 Å². The largest absolute Gasteiger partial charge is 0.338 e. The Balaban J connectivity index is 1.89. The van der Waals surface area contributed by atoms with E-state index in [0.717, 1.165) is 43.4 Å². The van der Waals surface area contributed by atoms with Crippen LogP contribution in [0.25, 0.3) is 11.1 Å². The fraction of sp³-hybridized carbons (Fsp3) is 0.333. The molecule has 1 saturated heterocycles. The first kappa shape index (κ1) is 12.1. The van der Waals surface area contributed by atoms with Gasteiger partial charge in [-0.2, -0.15) is 0 Å². The molecule has 0 atom stereocenters. The van der Waals surface area contributed by atoms with E-state index < -0.39 is 0 Å². The summed E-state index contributed by atoms with van der Waals surface area (Å²) >= 11 is 0. The summed E-state index contributed by atoms with van der Waals surface area (Å²) in [5.41, 5.74) is 3.32. The molecule has 0 spiro atoms. The average Bonchev–Trinajstić information content (AvgIpc) is 2.49.